The van der Waals surface area contributed by atoms with E-state index in [1.165, 1.54) is 12.1 Å². The van der Waals surface area contributed by atoms with Gasteiger partial charge in [0.2, 0.25) is 0 Å². The molecule has 0 N–H and O–H groups in total. The molecule has 1 rings (SSSR count). The van der Waals surface area contributed by atoms with Gasteiger partial charge in [-0.05, 0) is 12.0 Å². The van der Waals surface area contributed by atoms with Crippen LogP contribution >= 0.6 is 0 Å². The Bertz CT molecular complexity index is 334. The Labute approximate surface area is 144 Å². The van der Waals surface area contributed by atoms with Gasteiger partial charge in [-0.15, -0.1) is 0 Å². The number of hydrogen-bond donors (Lipinski definition) is 0. The molecular formula is C10H10BF6K. The maximum absolute atomic E-state index is 12.3. The van der Waals surface area contributed by atoms with Crippen LogP contribution in [0.5, 0.6) is 0 Å². The van der Waals surface area contributed by atoms with Crippen molar-refractivity contribution < 1.29 is 77.5 Å². The number of halogens is 6. The maximum atomic E-state index is 12.3. The molecule has 0 aliphatic heterocycles. The fraction of sp³-hybridized carbons (Fsp3) is 0.400. The molecule has 1 atom stereocenters. The molecule has 0 spiro atoms. The average molecular weight is 294 g/mol. The normalized spacial score (nSPS) is 13.9. The molecule has 0 fully saturated rings. The van der Waals surface area contributed by atoms with Crippen LogP contribution in [0.4, 0.5) is 26.1 Å². The predicted molar refractivity (Wildman–Crippen MR) is 53.6 cm³/mol. The van der Waals surface area contributed by atoms with E-state index in [0.717, 1.165) is 0 Å². The van der Waals surface area contributed by atoms with Crippen LogP contribution in [0.25, 0.3) is 0 Å². The Balaban J connectivity index is 0.00000289. The number of aryl methyl sites for hydroxylation is 1. The monoisotopic (exact) mass is 294 g/mol. The van der Waals surface area contributed by atoms with Crippen molar-refractivity contribution in [3.8, 4) is 0 Å². The van der Waals surface area contributed by atoms with Gasteiger partial charge in [-0.2, -0.15) is 13.2 Å². The summed E-state index contributed by atoms with van der Waals surface area (Å²) in [4.78, 5) is 0. The Hall–Kier alpha value is 0.501. The molecule has 0 nitrogen and oxygen atoms in total. The van der Waals surface area contributed by atoms with E-state index in [1.807, 2.05) is 0 Å². The SMILES string of the molecule is F[B-](F)(F)C(CCc1ccccc1)C(F)(F)F.[K+]. The Kier molecular flexibility index (Phi) is 7.53. The van der Waals surface area contributed by atoms with Gasteiger partial charge in [0.25, 0.3) is 0 Å². The van der Waals surface area contributed by atoms with Crippen LogP contribution in [-0.2, 0) is 6.42 Å². The Morgan fingerprint density at radius 1 is 1.00 bits per heavy atom. The summed E-state index contributed by atoms with van der Waals surface area (Å²) in [6, 6.07) is 7.83. The van der Waals surface area contributed by atoms with Crippen molar-refractivity contribution in [2.75, 3.05) is 0 Å². The summed E-state index contributed by atoms with van der Waals surface area (Å²) in [6.07, 6.45) is -6.39. The molecule has 18 heavy (non-hydrogen) atoms. The van der Waals surface area contributed by atoms with Crippen LogP contribution in [0.3, 0.4) is 0 Å². The van der Waals surface area contributed by atoms with E-state index in [4.69, 9.17) is 0 Å². The van der Waals surface area contributed by atoms with Gasteiger partial charge in [-0.1, -0.05) is 36.8 Å². The van der Waals surface area contributed by atoms with Gasteiger partial charge in [-0.25, -0.2) is 0 Å². The van der Waals surface area contributed by atoms with Crippen molar-refractivity contribution in [2.24, 2.45) is 0 Å². The molecule has 0 radical (unpaired) electrons. The molecule has 0 saturated heterocycles. The molecule has 8 heteroatoms. The smallest absolute Gasteiger partial charge is 0.448 e. The van der Waals surface area contributed by atoms with Crippen molar-refractivity contribution in [2.45, 2.75) is 24.8 Å². The maximum Gasteiger partial charge on any atom is 1.00 e. The van der Waals surface area contributed by atoms with Gasteiger partial charge in [-0.3, -0.25) is 0 Å². The zero-order valence-electron chi connectivity index (χ0n) is 9.72. The fourth-order valence-corrected chi connectivity index (χ4v) is 1.53. The third kappa shape index (κ3) is 6.10. The fourth-order valence-electron chi connectivity index (χ4n) is 1.53. The van der Waals surface area contributed by atoms with Gasteiger partial charge in [0.1, 0.15) is 0 Å². The van der Waals surface area contributed by atoms with Gasteiger partial charge in [0, 0.05) is 5.82 Å². The molecule has 96 valence electrons. The summed E-state index contributed by atoms with van der Waals surface area (Å²) in [7, 11) is 0. The quantitative estimate of drug-likeness (QED) is 0.582. The van der Waals surface area contributed by atoms with E-state index < -0.39 is 25.4 Å². The predicted octanol–water partition coefficient (Wildman–Crippen LogP) is 1.40. The van der Waals surface area contributed by atoms with Crippen LogP contribution < -0.4 is 51.4 Å². The summed E-state index contributed by atoms with van der Waals surface area (Å²) in [5, 5.41) is 0. The van der Waals surface area contributed by atoms with E-state index in [9.17, 15) is 26.1 Å². The number of hydrogen-bond acceptors (Lipinski definition) is 0. The van der Waals surface area contributed by atoms with Gasteiger partial charge in [0.05, 0.1) is 0 Å². The molecular weight excluding hydrogens is 284 g/mol. The van der Waals surface area contributed by atoms with E-state index >= 15 is 0 Å². The van der Waals surface area contributed by atoms with Crippen LogP contribution in [0, 0.1) is 0 Å². The van der Waals surface area contributed by atoms with Gasteiger partial charge in [0.15, 0.2) is 0 Å². The van der Waals surface area contributed by atoms with Crippen molar-refractivity contribution in [3.63, 3.8) is 0 Å². The van der Waals surface area contributed by atoms with Crippen LogP contribution in [0.2, 0.25) is 5.82 Å². The summed E-state index contributed by atoms with van der Waals surface area (Å²) in [5.41, 5.74) is 0.474. The molecule has 0 amide bonds. The van der Waals surface area contributed by atoms with Crippen molar-refractivity contribution in [1.82, 2.24) is 0 Å². The second-order valence-electron chi connectivity index (χ2n) is 3.80. The molecule has 1 unspecified atom stereocenters. The summed E-state index contributed by atoms with van der Waals surface area (Å²) in [5.74, 6) is -3.19. The van der Waals surface area contributed by atoms with E-state index in [0.29, 0.717) is 5.56 Å². The van der Waals surface area contributed by atoms with Gasteiger partial charge >= 0.3 is 64.5 Å². The summed E-state index contributed by atoms with van der Waals surface area (Å²) in [6.45, 7) is -5.90. The molecule has 0 aliphatic carbocycles. The standard InChI is InChI=1S/C10H10BF6.K/c12-10(13,14)9(11(15,16)17)7-6-8-4-2-1-3-5-8;/h1-5,9H,6-7H2;/q-1;+1. The Morgan fingerprint density at radius 2 is 1.50 bits per heavy atom. The first kappa shape index (κ1) is 18.5. The number of benzene rings is 1. The summed E-state index contributed by atoms with van der Waals surface area (Å²) >= 11 is 0. The molecule has 0 saturated carbocycles. The second kappa shape index (κ2) is 7.33. The molecule has 1 aromatic rings. The Morgan fingerprint density at radius 3 is 1.89 bits per heavy atom. The third-order valence-corrected chi connectivity index (χ3v) is 2.46. The largest absolute Gasteiger partial charge is 1.00 e. The first-order chi connectivity index (χ1) is 7.71. The third-order valence-electron chi connectivity index (χ3n) is 2.46. The van der Waals surface area contributed by atoms with E-state index in [1.54, 1.807) is 18.2 Å². The topological polar surface area (TPSA) is 0 Å². The summed E-state index contributed by atoms with van der Waals surface area (Å²) < 4.78 is 73.4. The average Bonchev–Trinajstić information content (AvgIpc) is 2.15. The zero-order chi connectivity index (χ0) is 13.1. The minimum absolute atomic E-state index is 0. The minimum atomic E-state index is -5.90. The minimum Gasteiger partial charge on any atom is -0.448 e. The molecule has 0 aromatic heterocycles. The first-order valence-corrected chi connectivity index (χ1v) is 5.02. The number of alkyl halides is 3. The molecule has 1 aromatic carbocycles. The first-order valence-electron chi connectivity index (χ1n) is 5.02. The zero-order valence-corrected chi connectivity index (χ0v) is 12.8. The van der Waals surface area contributed by atoms with Crippen molar-refractivity contribution >= 4 is 6.98 Å². The molecule has 0 bridgehead atoms. The van der Waals surface area contributed by atoms with Crippen LogP contribution in [-0.4, -0.2) is 13.2 Å². The molecule has 0 heterocycles. The second-order valence-corrected chi connectivity index (χ2v) is 3.80. The van der Waals surface area contributed by atoms with Crippen LogP contribution in [0.15, 0.2) is 30.3 Å². The molecule has 0 aliphatic rings. The van der Waals surface area contributed by atoms with E-state index in [2.05, 4.69) is 0 Å². The van der Waals surface area contributed by atoms with Crippen molar-refractivity contribution in [3.05, 3.63) is 35.9 Å². The van der Waals surface area contributed by atoms with Gasteiger partial charge < -0.3 is 12.9 Å². The van der Waals surface area contributed by atoms with Crippen LogP contribution in [0.1, 0.15) is 12.0 Å². The van der Waals surface area contributed by atoms with E-state index in [-0.39, 0.29) is 57.8 Å². The number of rotatable bonds is 4. The van der Waals surface area contributed by atoms with Crippen molar-refractivity contribution in [1.29, 1.82) is 0 Å².